The van der Waals surface area contributed by atoms with Crippen LogP contribution in [0.5, 0.6) is 0 Å². The second-order valence-electron chi connectivity index (χ2n) is 7.05. The number of para-hydroxylation sites is 1. The highest BCUT2D eigenvalue weighted by Gasteiger charge is 2.15. The monoisotopic (exact) mass is 452 g/mol. The molecule has 4 aromatic rings. The van der Waals surface area contributed by atoms with E-state index in [-0.39, 0.29) is 5.97 Å². The van der Waals surface area contributed by atoms with E-state index >= 15 is 0 Å². The zero-order valence-corrected chi connectivity index (χ0v) is 19.0. The molecule has 2 aromatic heterocycles. The molecule has 0 atom stereocenters. The number of rotatable bonds is 2. The minimum Gasteiger partial charge on any atom is -0.466 e. The third kappa shape index (κ3) is 4.51. The number of fused-ring (bicyclic) bond motifs is 2. The van der Waals surface area contributed by atoms with Crippen LogP contribution in [-0.2, 0) is 9.53 Å². The van der Waals surface area contributed by atoms with E-state index in [0.29, 0.717) is 6.61 Å². The lowest BCUT2D eigenvalue weighted by molar-refractivity contribution is -0.140. The van der Waals surface area contributed by atoms with Crippen molar-refractivity contribution >= 4 is 43.7 Å². The summed E-state index contributed by atoms with van der Waals surface area (Å²) < 4.78 is 5.44. The van der Waals surface area contributed by atoms with Crippen LogP contribution in [0.2, 0.25) is 0 Å². The molecule has 0 spiro atoms. The Balaban J connectivity index is 0.000000353. The molecule has 0 amide bonds. The molecule has 2 heterocycles. The minimum atomic E-state index is -0.211. The van der Waals surface area contributed by atoms with Crippen molar-refractivity contribution in [3.8, 4) is 11.1 Å². The Hall–Kier alpha value is -2.66. The predicted octanol–water partition coefficient (Wildman–Crippen LogP) is 6.64. The van der Waals surface area contributed by atoms with Gasteiger partial charge in [-0.2, -0.15) is 0 Å². The number of carbonyl (C=O) groups excluding carboxylic acids is 1. The van der Waals surface area contributed by atoms with Gasteiger partial charge in [0.05, 0.1) is 12.1 Å². The van der Waals surface area contributed by atoms with Gasteiger partial charge in [0.2, 0.25) is 0 Å². The lowest BCUT2D eigenvalue weighted by atomic mass is 9.97. The molecule has 0 saturated carbocycles. The molecular formula is C24H25BrN2O2. The summed E-state index contributed by atoms with van der Waals surface area (Å²) in [6, 6.07) is 15.0. The smallest absolute Gasteiger partial charge is 0.302 e. The summed E-state index contributed by atoms with van der Waals surface area (Å²) in [4.78, 5) is 18.1. The van der Waals surface area contributed by atoms with Crippen molar-refractivity contribution in [1.82, 2.24) is 9.97 Å². The maximum absolute atomic E-state index is 9.82. The zero-order chi connectivity index (χ0) is 21.1. The van der Waals surface area contributed by atoms with Crippen LogP contribution in [-0.4, -0.2) is 22.5 Å². The third-order valence-electron chi connectivity index (χ3n) is 4.68. The van der Waals surface area contributed by atoms with Gasteiger partial charge in [0.25, 0.3) is 0 Å². The number of hydrogen-bond donors (Lipinski definition) is 1. The van der Waals surface area contributed by atoms with Gasteiger partial charge in [-0.15, -0.1) is 0 Å². The molecule has 1 N–H and O–H groups in total. The number of aromatic nitrogens is 2. The van der Waals surface area contributed by atoms with Gasteiger partial charge in [-0.05, 0) is 73.5 Å². The molecule has 0 unspecified atom stereocenters. The van der Waals surface area contributed by atoms with Crippen molar-refractivity contribution in [1.29, 1.82) is 0 Å². The molecule has 0 aliphatic heterocycles. The maximum atomic E-state index is 9.82. The molecule has 5 heteroatoms. The number of carbonyl (C=O) groups is 1. The van der Waals surface area contributed by atoms with Crippen LogP contribution in [0.25, 0.3) is 32.9 Å². The number of benzene rings is 2. The first-order valence-corrected chi connectivity index (χ1v) is 10.4. The summed E-state index contributed by atoms with van der Waals surface area (Å²) in [5.74, 6) is -0.211. The Morgan fingerprint density at radius 2 is 1.86 bits per heavy atom. The fourth-order valence-corrected chi connectivity index (χ4v) is 3.99. The third-order valence-corrected chi connectivity index (χ3v) is 5.32. The zero-order valence-electron chi connectivity index (χ0n) is 17.4. The van der Waals surface area contributed by atoms with Crippen LogP contribution >= 0.6 is 15.9 Å². The number of pyridine rings is 1. The van der Waals surface area contributed by atoms with Crippen LogP contribution in [0.15, 0.2) is 46.9 Å². The fourth-order valence-electron chi connectivity index (χ4n) is 3.54. The van der Waals surface area contributed by atoms with Crippen molar-refractivity contribution in [2.24, 2.45) is 0 Å². The number of halogens is 1. The number of nitrogens with zero attached hydrogens (tertiary/aromatic N) is 1. The summed E-state index contributed by atoms with van der Waals surface area (Å²) in [7, 11) is 0. The standard InChI is InChI=1S/C20H17BrN2.C4H8O2/c1-11-7-8-18-16(9-11)19(13(3)23-18)15-10-12(2)22-20-14(15)5-4-6-17(20)21;1-3-6-4(2)5/h4-10,23H,1-3H3;3H2,1-2H3. The van der Waals surface area contributed by atoms with Crippen LogP contribution in [0.3, 0.4) is 0 Å². The van der Waals surface area contributed by atoms with Crippen molar-refractivity contribution in [2.45, 2.75) is 34.6 Å². The van der Waals surface area contributed by atoms with Crippen molar-refractivity contribution in [3.63, 3.8) is 0 Å². The fraction of sp³-hybridized carbons (Fsp3) is 0.250. The second kappa shape index (κ2) is 8.78. The van der Waals surface area contributed by atoms with E-state index in [4.69, 9.17) is 4.98 Å². The van der Waals surface area contributed by atoms with Crippen molar-refractivity contribution in [2.75, 3.05) is 6.61 Å². The van der Waals surface area contributed by atoms with E-state index in [1.807, 2.05) is 6.07 Å². The molecule has 4 nitrogen and oxygen atoms in total. The van der Waals surface area contributed by atoms with Gasteiger partial charge in [0.15, 0.2) is 0 Å². The SMILES string of the molecule is CCOC(C)=O.Cc1ccc2[nH]c(C)c(-c3cc(C)nc4c(Br)cccc34)c2c1. The molecule has 0 aliphatic rings. The first-order chi connectivity index (χ1) is 13.8. The Labute approximate surface area is 179 Å². The molecule has 0 fully saturated rings. The molecule has 4 rings (SSSR count). The van der Waals surface area contributed by atoms with Gasteiger partial charge in [-0.1, -0.05) is 23.8 Å². The summed E-state index contributed by atoms with van der Waals surface area (Å²) in [5.41, 5.74) is 8.21. The molecule has 2 aromatic carbocycles. The second-order valence-corrected chi connectivity index (χ2v) is 7.90. The van der Waals surface area contributed by atoms with Gasteiger partial charge in [-0.25, -0.2) is 0 Å². The number of hydrogen-bond acceptors (Lipinski definition) is 3. The van der Waals surface area contributed by atoms with Crippen LogP contribution in [0.4, 0.5) is 0 Å². The van der Waals surface area contributed by atoms with E-state index < -0.39 is 0 Å². The average Bonchev–Trinajstić information content (AvgIpc) is 2.97. The number of H-pyrrole nitrogens is 1. The summed E-state index contributed by atoms with van der Waals surface area (Å²) in [6.45, 7) is 9.99. The Bertz CT molecular complexity index is 1190. The van der Waals surface area contributed by atoms with Gasteiger partial charge < -0.3 is 9.72 Å². The summed E-state index contributed by atoms with van der Waals surface area (Å²) >= 11 is 3.64. The Kier molecular flexibility index (Phi) is 6.38. The quantitative estimate of drug-likeness (QED) is 0.346. The first kappa shape index (κ1) is 21.1. The highest BCUT2D eigenvalue weighted by Crippen LogP contribution is 2.38. The van der Waals surface area contributed by atoms with E-state index in [1.165, 1.54) is 45.6 Å². The number of nitrogens with one attached hydrogen (secondary N) is 1. The molecular weight excluding hydrogens is 428 g/mol. The molecule has 0 saturated heterocycles. The van der Waals surface area contributed by atoms with Gasteiger partial charge in [0, 0.05) is 44.6 Å². The molecule has 29 heavy (non-hydrogen) atoms. The van der Waals surface area contributed by atoms with E-state index in [0.717, 1.165) is 15.7 Å². The van der Waals surface area contributed by atoms with E-state index in [1.54, 1.807) is 6.92 Å². The number of esters is 1. The first-order valence-electron chi connectivity index (χ1n) is 9.60. The van der Waals surface area contributed by atoms with Crippen LogP contribution < -0.4 is 0 Å². The molecule has 0 aliphatic carbocycles. The van der Waals surface area contributed by atoms with Crippen molar-refractivity contribution < 1.29 is 9.53 Å². The Morgan fingerprint density at radius 1 is 1.10 bits per heavy atom. The number of ether oxygens (including phenoxy) is 1. The number of aryl methyl sites for hydroxylation is 3. The van der Waals surface area contributed by atoms with Crippen molar-refractivity contribution in [3.05, 3.63) is 63.9 Å². The molecule has 150 valence electrons. The van der Waals surface area contributed by atoms with Crippen LogP contribution in [0, 0.1) is 20.8 Å². The highest BCUT2D eigenvalue weighted by atomic mass is 79.9. The van der Waals surface area contributed by atoms with Crippen LogP contribution in [0.1, 0.15) is 30.8 Å². The summed E-state index contributed by atoms with van der Waals surface area (Å²) in [6.07, 6.45) is 0. The number of aromatic amines is 1. The predicted molar refractivity (Wildman–Crippen MR) is 123 cm³/mol. The van der Waals surface area contributed by atoms with E-state index in [9.17, 15) is 4.79 Å². The average molecular weight is 453 g/mol. The van der Waals surface area contributed by atoms with Gasteiger partial charge in [0.1, 0.15) is 0 Å². The topological polar surface area (TPSA) is 55.0 Å². The van der Waals surface area contributed by atoms with E-state index in [2.05, 4.69) is 82.8 Å². The van der Waals surface area contributed by atoms with Gasteiger partial charge in [-0.3, -0.25) is 9.78 Å². The minimum absolute atomic E-state index is 0.211. The lowest BCUT2D eigenvalue weighted by Crippen LogP contribution is -1.95. The highest BCUT2D eigenvalue weighted by molar-refractivity contribution is 9.10. The normalized spacial score (nSPS) is 10.7. The summed E-state index contributed by atoms with van der Waals surface area (Å²) in [5, 5.41) is 2.45. The lowest BCUT2D eigenvalue weighted by Gasteiger charge is -2.10. The largest absolute Gasteiger partial charge is 0.466 e. The maximum Gasteiger partial charge on any atom is 0.302 e. The molecule has 0 radical (unpaired) electrons. The Morgan fingerprint density at radius 3 is 2.52 bits per heavy atom. The molecule has 0 bridgehead atoms. The van der Waals surface area contributed by atoms with Gasteiger partial charge >= 0.3 is 5.97 Å².